The maximum absolute atomic E-state index is 12.9. The Kier molecular flexibility index (Phi) is 6.10. The summed E-state index contributed by atoms with van der Waals surface area (Å²) in [5, 5.41) is 2.57. The van der Waals surface area contributed by atoms with Crippen molar-refractivity contribution in [1.82, 2.24) is 5.32 Å². The molecule has 1 N–H and O–H groups in total. The van der Waals surface area contributed by atoms with Crippen LogP contribution in [0.15, 0.2) is 0 Å². The van der Waals surface area contributed by atoms with Crippen LogP contribution in [0.3, 0.4) is 0 Å². The van der Waals surface area contributed by atoms with Crippen molar-refractivity contribution < 1.29 is 22.7 Å². The number of esters is 1. The van der Waals surface area contributed by atoms with Crippen molar-refractivity contribution >= 4 is 5.97 Å². The topological polar surface area (TPSA) is 38.3 Å². The Hall–Kier alpha value is -0.780. The summed E-state index contributed by atoms with van der Waals surface area (Å²) in [5.41, 5.74) is 0. The summed E-state index contributed by atoms with van der Waals surface area (Å²) in [6.45, 7) is 3.24. The van der Waals surface area contributed by atoms with Gasteiger partial charge in [0, 0.05) is 6.04 Å². The molecule has 1 rings (SSSR count). The summed E-state index contributed by atoms with van der Waals surface area (Å²) in [7, 11) is 0. The monoisotopic (exact) mass is 281 g/mol. The van der Waals surface area contributed by atoms with E-state index in [1.165, 1.54) is 0 Å². The minimum absolute atomic E-state index is 0.146. The highest BCUT2D eigenvalue weighted by atomic mass is 19.4. The molecule has 0 aromatic carbocycles. The van der Waals surface area contributed by atoms with E-state index in [0.29, 0.717) is 0 Å². The highest BCUT2D eigenvalue weighted by Crippen LogP contribution is 2.26. The van der Waals surface area contributed by atoms with Crippen molar-refractivity contribution in [3.63, 3.8) is 0 Å². The number of nitrogens with one attached hydrogen (secondary N) is 1. The van der Waals surface area contributed by atoms with E-state index in [4.69, 9.17) is 4.74 Å². The Labute approximate surface area is 111 Å². The molecule has 1 unspecified atom stereocenters. The molecule has 0 aliphatic heterocycles. The molecule has 0 heterocycles. The molecule has 6 heteroatoms. The maximum atomic E-state index is 12.9. The molecular weight excluding hydrogens is 259 g/mol. The van der Waals surface area contributed by atoms with E-state index in [-0.39, 0.29) is 6.04 Å². The normalized spacial score (nSPS) is 19.5. The highest BCUT2D eigenvalue weighted by molar-refractivity contribution is 5.70. The predicted octanol–water partition coefficient (Wildman–Crippen LogP) is 3.18. The van der Waals surface area contributed by atoms with Gasteiger partial charge in [0.1, 0.15) is 6.04 Å². The van der Waals surface area contributed by atoms with Crippen molar-refractivity contribution in [2.24, 2.45) is 0 Å². The first-order chi connectivity index (χ1) is 8.79. The molecule has 1 atom stereocenters. The van der Waals surface area contributed by atoms with Crippen molar-refractivity contribution in [2.75, 3.05) is 0 Å². The zero-order chi connectivity index (χ0) is 14.5. The van der Waals surface area contributed by atoms with Gasteiger partial charge in [0.25, 0.3) is 0 Å². The molecule has 1 saturated carbocycles. The van der Waals surface area contributed by atoms with Crippen LogP contribution in [0.5, 0.6) is 0 Å². The number of carbonyl (C=O) groups is 1. The number of rotatable bonds is 5. The lowest BCUT2D eigenvalue weighted by Gasteiger charge is -2.29. The largest absolute Gasteiger partial charge is 0.463 e. The quantitative estimate of drug-likeness (QED) is 0.787. The Morgan fingerprint density at radius 1 is 1.26 bits per heavy atom. The van der Waals surface area contributed by atoms with Gasteiger partial charge in [-0.1, -0.05) is 19.3 Å². The van der Waals surface area contributed by atoms with Crippen LogP contribution in [0.25, 0.3) is 0 Å². The number of alkyl halides is 3. The summed E-state index contributed by atoms with van der Waals surface area (Å²) < 4.78 is 43.5. The average Bonchev–Trinajstić information content (AvgIpc) is 2.27. The van der Waals surface area contributed by atoms with Crippen LogP contribution in [-0.2, 0) is 9.53 Å². The van der Waals surface area contributed by atoms with Crippen LogP contribution in [0, 0.1) is 0 Å². The second kappa shape index (κ2) is 7.12. The molecule has 1 fully saturated rings. The van der Waals surface area contributed by atoms with E-state index in [1.807, 2.05) is 0 Å². The van der Waals surface area contributed by atoms with Crippen LogP contribution in [0.1, 0.15) is 52.4 Å². The molecule has 112 valence electrons. The van der Waals surface area contributed by atoms with Crippen molar-refractivity contribution in [3.8, 4) is 0 Å². The molecular formula is C13H22F3NO2. The molecule has 0 radical (unpaired) electrons. The van der Waals surface area contributed by atoms with E-state index in [9.17, 15) is 18.0 Å². The molecule has 1 aliphatic rings. The Morgan fingerprint density at radius 3 is 2.32 bits per heavy atom. The molecule has 0 aromatic rings. The lowest BCUT2D eigenvalue weighted by atomic mass is 9.94. The number of hydrogen-bond acceptors (Lipinski definition) is 3. The second-order valence-electron chi connectivity index (χ2n) is 5.34. The number of hydrogen-bond donors (Lipinski definition) is 1. The van der Waals surface area contributed by atoms with Gasteiger partial charge in [-0.2, -0.15) is 13.2 Å². The minimum Gasteiger partial charge on any atom is -0.463 e. The van der Waals surface area contributed by atoms with E-state index in [1.54, 1.807) is 13.8 Å². The molecule has 19 heavy (non-hydrogen) atoms. The third-order valence-electron chi connectivity index (χ3n) is 3.18. The predicted molar refractivity (Wildman–Crippen MR) is 65.7 cm³/mol. The fraction of sp³-hybridized carbons (Fsp3) is 0.923. The van der Waals surface area contributed by atoms with Gasteiger partial charge in [-0.25, -0.2) is 0 Å². The first-order valence-electron chi connectivity index (χ1n) is 6.81. The minimum atomic E-state index is -4.42. The van der Waals surface area contributed by atoms with Gasteiger partial charge in [0.15, 0.2) is 0 Å². The van der Waals surface area contributed by atoms with Crippen molar-refractivity contribution in [3.05, 3.63) is 0 Å². The molecule has 1 aliphatic carbocycles. The molecule has 0 amide bonds. The number of halogens is 3. The highest BCUT2D eigenvalue weighted by Gasteiger charge is 2.42. The molecule has 0 saturated heterocycles. The molecule has 0 bridgehead atoms. The van der Waals surface area contributed by atoms with Gasteiger partial charge in [-0.15, -0.1) is 0 Å². The molecule has 3 nitrogen and oxygen atoms in total. The zero-order valence-electron chi connectivity index (χ0n) is 11.4. The maximum Gasteiger partial charge on any atom is 0.404 e. The molecule has 0 aromatic heterocycles. The Bertz CT molecular complexity index is 286. The fourth-order valence-corrected chi connectivity index (χ4v) is 2.30. The summed E-state index contributed by atoms with van der Waals surface area (Å²) >= 11 is 0. The zero-order valence-corrected chi connectivity index (χ0v) is 11.4. The number of ether oxygens (including phenoxy) is 1. The standard InChI is InChI=1S/C13H22F3NO2/c1-9(2)19-12(18)8-11(13(14,15)16)17-10-6-4-3-5-7-10/h9-11,17H,3-8H2,1-2H3. The Balaban J connectivity index is 2.54. The van der Waals surface area contributed by atoms with Gasteiger partial charge in [0.2, 0.25) is 0 Å². The summed E-state index contributed by atoms with van der Waals surface area (Å²) in [6, 6.07) is -1.95. The summed E-state index contributed by atoms with van der Waals surface area (Å²) in [5.74, 6) is -0.805. The van der Waals surface area contributed by atoms with Crippen LogP contribution in [0.2, 0.25) is 0 Å². The van der Waals surface area contributed by atoms with Crippen LogP contribution in [0.4, 0.5) is 13.2 Å². The van der Waals surface area contributed by atoms with Gasteiger partial charge >= 0.3 is 12.1 Å². The van der Waals surface area contributed by atoms with Crippen LogP contribution in [-0.4, -0.2) is 30.3 Å². The van der Waals surface area contributed by atoms with Gasteiger partial charge in [-0.3, -0.25) is 4.79 Å². The van der Waals surface area contributed by atoms with Crippen LogP contribution >= 0.6 is 0 Å². The average molecular weight is 281 g/mol. The van der Waals surface area contributed by atoms with E-state index >= 15 is 0 Å². The SMILES string of the molecule is CC(C)OC(=O)CC(NC1CCCCC1)C(F)(F)F. The second-order valence-corrected chi connectivity index (χ2v) is 5.34. The van der Waals surface area contributed by atoms with Gasteiger partial charge in [-0.05, 0) is 26.7 Å². The van der Waals surface area contributed by atoms with Gasteiger partial charge < -0.3 is 10.1 Å². The third kappa shape index (κ3) is 6.27. The smallest absolute Gasteiger partial charge is 0.404 e. The lowest BCUT2D eigenvalue weighted by molar-refractivity contribution is -0.173. The van der Waals surface area contributed by atoms with Gasteiger partial charge in [0.05, 0.1) is 12.5 Å². The summed E-state index contributed by atoms with van der Waals surface area (Å²) in [4.78, 5) is 11.4. The Morgan fingerprint density at radius 2 is 1.84 bits per heavy atom. The summed E-state index contributed by atoms with van der Waals surface area (Å²) in [6.07, 6.45) is -1.03. The van der Waals surface area contributed by atoms with E-state index < -0.39 is 30.7 Å². The first-order valence-corrected chi connectivity index (χ1v) is 6.81. The van der Waals surface area contributed by atoms with E-state index in [2.05, 4.69) is 5.32 Å². The van der Waals surface area contributed by atoms with Crippen molar-refractivity contribution in [1.29, 1.82) is 0 Å². The lowest BCUT2D eigenvalue weighted by Crippen LogP contribution is -2.49. The third-order valence-corrected chi connectivity index (χ3v) is 3.18. The first kappa shape index (κ1) is 16.3. The molecule has 0 spiro atoms. The number of carbonyl (C=O) groups excluding carboxylic acids is 1. The van der Waals surface area contributed by atoms with Crippen molar-refractivity contribution in [2.45, 2.75) is 76.7 Å². The fourth-order valence-electron chi connectivity index (χ4n) is 2.30. The van der Waals surface area contributed by atoms with Crippen LogP contribution < -0.4 is 5.32 Å². The van der Waals surface area contributed by atoms with E-state index in [0.717, 1.165) is 32.1 Å².